The van der Waals surface area contributed by atoms with Gasteiger partial charge in [-0.1, -0.05) is 25.1 Å². The third kappa shape index (κ3) is 2.48. The molecule has 0 aromatic heterocycles. The van der Waals surface area contributed by atoms with Gasteiger partial charge in [-0.05, 0) is 18.6 Å². The van der Waals surface area contributed by atoms with Crippen LogP contribution in [0.3, 0.4) is 0 Å². The standard InChI is InChI=1S/C10H12BrNO2/c1-2-9(10(13)14)12(11)8-6-4-3-5-7-8/h3-7,9H,2H2,1H3,(H,13,14). The maximum absolute atomic E-state index is 10.9. The van der Waals surface area contributed by atoms with Crippen LogP contribution in [0.25, 0.3) is 0 Å². The number of carboxylic acids is 1. The van der Waals surface area contributed by atoms with Gasteiger partial charge in [-0.25, -0.2) is 4.79 Å². The first-order chi connectivity index (χ1) is 6.66. The van der Waals surface area contributed by atoms with Gasteiger partial charge >= 0.3 is 5.97 Å². The van der Waals surface area contributed by atoms with Gasteiger partial charge in [0.25, 0.3) is 0 Å². The van der Waals surface area contributed by atoms with Gasteiger partial charge in [0.05, 0.1) is 16.1 Å². The minimum absolute atomic E-state index is 0.530. The molecule has 0 saturated carbocycles. The predicted molar refractivity (Wildman–Crippen MR) is 59.6 cm³/mol. The maximum atomic E-state index is 10.9. The van der Waals surface area contributed by atoms with E-state index >= 15 is 0 Å². The summed E-state index contributed by atoms with van der Waals surface area (Å²) in [5.41, 5.74) is 0.849. The number of carboxylic acid groups (broad SMARTS) is 1. The molecule has 0 amide bonds. The highest BCUT2D eigenvalue weighted by atomic mass is 79.9. The lowest BCUT2D eigenvalue weighted by atomic mass is 10.2. The summed E-state index contributed by atoms with van der Waals surface area (Å²) in [5, 5.41) is 8.93. The second kappa shape index (κ2) is 5.00. The molecular weight excluding hydrogens is 246 g/mol. The topological polar surface area (TPSA) is 40.5 Å². The SMILES string of the molecule is CCC(C(=O)O)N(Br)c1ccccc1. The molecular formula is C10H12BrNO2. The third-order valence-corrected chi connectivity index (χ3v) is 2.85. The molecule has 3 nitrogen and oxygen atoms in total. The predicted octanol–water partition coefficient (Wildman–Crippen LogP) is 2.67. The zero-order valence-corrected chi connectivity index (χ0v) is 9.44. The Morgan fingerprint density at radius 3 is 2.50 bits per heavy atom. The minimum atomic E-state index is -0.826. The van der Waals surface area contributed by atoms with Crippen molar-refractivity contribution in [2.45, 2.75) is 19.4 Å². The number of hydrogen-bond acceptors (Lipinski definition) is 2. The van der Waals surface area contributed by atoms with Crippen LogP contribution in [0.15, 0.2) is 30.3 Å². The van der Waals surface area contributed by atoms with Gasteiger partial charge in [0, 0.05) is 5.69 Å². The average Bonchev–Trinajstić information content (AvgIpc) is 2.19. The smallest absolute Gasteiger partial charge is 0.327 e. The Morgan fingerprint density at radius 1 is 1.50 bits per heavy atom. The molecule has 0 fully saturated rings. The van der Waals surface area contributed by atoms with Gasteiger partial charge in [-0.3, -0.25) is 3.93 Å². The van der Waals surface area contributed by atoms with Crippen molar-refractivity contribution in [3.63, 3.8) is 0 Å². The number of para-hydroxylation sites is 1. The summed E-state index contributed by atoms with van der Waals surface area (Å²) in [5.74, 6) is -0.826. The first kappa shape index (κ1) is 11.0. The van der Waals surface area contributed by atoms with E-state index in [9.17, 15) is 4.79 Å². The Bertz CT molecular complexity index is 302. The van der Waals surface area contributed by atoms with Crippen molar-refractivity contribution in [1.29, 1.82) is 0 Å². The van der Waals surface area contributed by atoms with Crippen molar-refractivity contribution >= 4 is 27.8 Å². The summed E-state index contributed by atoms with van der Waals surface area (Å²) in [6, 6.07) is 8.83. The molecule has 0 bridgehead atoms. The summed E-state index contributed by atoms with van der Waals surface area (Å²) in [4.78, 5) is 10.9. The van der Waals surface area contributed by atoms with E-state index in [1.807, 2.05) is 37.3 Å². The summed E-state index contributed by atoms with van der Waals surface area (Å²) < 4.78 is 1.59. The van der Waals surface area contributed by atoms with Crippen LogP contribution in [0.2, 0.25) is 0 Å². The Hall–Kier alpha value is -1.03. The molecule has 0 saturated heterocycles. The van der Waals surface area contributed by atoms with Crippen LogP contribution in [0.5, 0.6) is 0 Å². The average molecular weight is 258 g/mol. The Balaban J connectivity index is 2.83. The highest BCUT2D eigenvalue weighted by molar-refractivity contribution is 9.10. The molecule has 1 unspecified atom stereocenters. The van der Waals surface area contributed by atoms with Gasteiger partial charge in [0.2, 0.25) is 0 Å². The van der Waals surface area contributed by atoms with Crippen molar-refractivity contribution in [3.8, 4) is 0 Å². The lowest BCUT2D eigenvalue weighted by Gasteiger charge is -2.22. The van der Waals surface area contributed by atoms with Gasteiger partial charge in [0.1, 0.15) is 6.04 Å². The van der Waals surface area contributed by atoms with E-state index in [1.54, 1.807) is 3.93 Å². The van der Waals surface area contributed by atoms with E-state index in [2.05, 4.69) is 16.1 Å². The number of hydrogen-bond donors (Lipinski definition) is 1. The summed E-state index contributed by atoms with van der Waals surface area (Å²) in [7, 11) is 0. The number of carbonyl (C=O) groups is 1. The number of benzene rings is 1. The van der Waals surface area contributed by atoms with Crippen molar-refractivity contribution in [1.82, 2.24) is 0 Å². The molecule has 0 aliphatic carbocycles. The summed E-state index contributed by atoms with van der Waals surface area (Å²) in [6.07, 6.45) is 0.551. The highest BCUT2D eigenvalue weighted by Crippen LogP contribution is 2.21. The second-order valence-electron chi connectivity index (χ2n) is 2.91. The Kier molecular flexibility index (Phi) is 3.95. The highest BCUT2D eigenvalue weighted by Gasteiger charge is 2.21. The number of nitrogens with zero attached hydrogens (tertiary/aromatic N) is 1. The molecule has 0 aliphatic heterocycles. The zero-order chi connectivity index (χ0) is 10.6. The fourth-order valence-corrected chi connectivity index (χ4v) is 1.88. The van der Waals surface area contributed by atoms with Crippen LogP contribution >= 0.6 is 16.1 Å². The van der Waals surface area contributed by atoms with E-state index < -0.39 is 12.0 Å². The van der Waals surface area contributed by atoms with Gasteiger partial charge < -0.3 is 5.11 Å². The molecule has 1 rings (SSSR count). The van der Waals surface area contributed by atoms with Crippen LogP contribution < -0.4 is 3.93 Å². The molecule has 0 aliphatic rings. The first-order valence-corrected chi connectivity index (χ1v) is 5.10. The monoisotopic (exact) mass is 257 g/mol. The maximum Gasteiger partial charge on any atom is 0.327 e. The first-order valence-electron chi connectivity index (χ1n) is 4.39. The molecule has 0 heterocycles. The largest absolute Gasteiger partial charge is 0.480 e. The third-order valence-electron chi connectivity index (χ3n) is 1.95. The number of halogens is 1. The van der Waals surface area contributed by atoms with Crippen molar-refractivity contribution < 1.29 is 9.90 Å². The number of aliphatic carboxylic acids is 1. The molecule has 1 atom stereocenters. The summed E-state index contributed by atoms with van der Waals surface area (Å²) >= 11 is 3.27. The molecule has 0 spiro atoms. The Morgan fingerprint density at radius 2 is 2.07 bits per heavy atom. The molecule has 1 aromatic rings. The van der Waals surface area contributed by atoms with Gasteiger partial charge in [0.15, 0.2) is 0 Å². The lowest BCUT2D eigenvalue weighted by Crippen LogP contribution is -2.33. The molecule has 76 valence electrons. The summed E-state index contributed by atoms with van der Waals surface area (Å²) in [6.45, 7) is 1.84. The van der Waals surface area contributed by atoms with Crippen LogP contribution in [0, 0.1) is 0 Å². The van der Waals surface area contributed by atoms with Gasteiger partial charge in [-0.2, -0.15) is 0 Å². The quantitative estimate of drug-likeness (QED) is 0.844. The van der Waals surface area contributed by atoms with Crippen molar-refractivity contribution in [3.05, 3.63) is 30.3 Å². The molecule has 0 radical (unpaired) electrons. The molecule has 1 aromatic carbocycles. The normalized spacial score (nSPS) is 12.1. The van der Waals surface area contributed by atoms with Crippen molar-refractivity contribution in [2.75, 3.05) is 3.93 Å². The van der Waals surface area contributed by atoms with E-state index in [0.29, 0.717) is 6.42 Å². The minimum Gasteiger partial charge on any atom is -0.480 e. The van der Waals surface area contributed by atoms with E-state index in [4.69, 9.17) is 5.11 Å². The van der Waals surface area contributed by atoms with E-state index in [0.717, 1.165) is 5.69 Å². The number of anilines is 1. The van der Waals surface area contributed by atoms with Crippen LogP contribution in [-0.4, -0.2) is 17.1 Å². The Labute approximate surface area is 91.7 Å². The molecule has 14 heavy (non-hydrogen) atoms. The molecule has 4 heteroatoms. The molecule has 1 N–H and O–H groups in total. The lowest BCUT2D eigenvalue weighted by molar-refractivity contribution is -0.138. The fraction of sp³-hybridized carbons (Fsp3) is 0.300. The van der Waals surface area contributed by atoms with E-state index in [1.165, 1.54) is 0 Å². The van der Waals surface area contributed by atoms with Crippen molar-refractivity contribution in [2.24, 2.45) is 0 Å². The van der Waals surface area contributed by atoms with E-state index in [-0.39, 0.29) is 0 Å². The van der Waals surface area contributed by atoms with Crippen LogP contribution in [-0.2, 0) is 4.79 Å². The van der Waals surface area contributed by atoms with Gasteiger partial charge in [-0.15, -0.1) is 0 Å². The van der Waals surface area contributed by atoms with Crippen LogP contribution in [0.4, 0.5) is 5.69 Å². The van der Waals surface area contributed by atoms with Crippen LogP contribution in [0.1, 0.15) is 13.3 Å². The second-order valence-corrected chi connectivity index (χ2v) is 3.67. The fourth-order valence-electron chi connectivity index (χ4n) is 1.18. The number of rotatable bonds is 4. The zero-order valence-electron chi connectivity index (χ0n) is 7.85.